The second-order valence-electron chi connectivity index (χ2n) is 5.06. The van der Waals surface area contributed by atoms with E-state index in [1.807, 2.05) is 0 Å². The summed E-state index contributed by atoms with van der Waals surface area (Å²) in [5.41, 5.74) is 1.16. The first-order valence-electron chi connectivity index (χ1n) is 6.38. The van der Waals surface area contributed by atoms with Gasteiger partial charge >= 0.3 is 0 Å². The molecule has 0 aromatic carbocycles. The van der Waals surface area contributed by atoms with E-state index in [1.165, 1.54) is 30.7 Å². The van der Waals surface area contributed by atoms with Gasteiger partial charge in [-0.2, -0.15) is 0 Å². The highest BCUT2D eigenvalue weighted by molar-refractivity contribution is 7.09. The number of hydrogen-bond acceptors (Lipinski definition) is 3. The van der Waals surface area contributed by atoms with Gasteiger partial charge < -0.3 is 5.32 Å². The van der Waals surface area contributed by atoms with Crippen LogP contribution in [0.25, 0.3) is 0 Å². The first-order valence-corrected chi connectivity index (χ1v) is 7.26. The van der Waals surface area contributed by atoms with Gasteiger partial charge in [0, 0.05) is 23.5 Å². The third-order valence-electron chi connectivity index (χ3n) is 3.36. The summed E-state index contributed by atoms with van der Waals surface area (Å²) in [5.74, 6) is 0.930. The summed E-state index contributed by atoms with van der Waals surface area (Å²) in [6.07, 6.45) is 6.50. The van der Waals surface area contributed by atoms with E-state index in [9.17, 15) is 0 Å². The van der Waals surface area contributed by atoms with Crippen molar-refractivity contribution in [2.75, 3.05) is 6.54 Å². The zero-order valence-corrected chi connectivity index (χ0v) is 11.1. The van der Waals surface area contributed by atoms with Crippen molar-refractivity contribution in [2.45, 2.75) is 52.0 Å². The molecule has 2 unspecified atom stereocenters. The molecule has 0 amide bonds. The van der Waals surface area contributed by atoms with Crippen LogP contribution in [0, 0.1) is 12.8 Å². The number of nitrogens with one attached hydrogen (secondary N) is 1. The van der Waals surface area contributed by atoms with E-state index in [2.05, 4.69) is 29.5 Å². The van der Waals surface area contributed by atoms with Crippen molar-refractivity contribution in [1.29, 1.82) is 0 Å². The van der Waals surface area contributed by atoms with Crippen LogP contribution >= 0.6 is 11.3 Å². The van der Waals surface area contributed by atoms with E-state index in [0.717, 1.165) is 30.6 Å². The molecule has 1 heterocycles. The fourth-order valence-electron chi connectivity index (χ4n) is 2.46. The molecule has 0 saturated heterocycles. The van der Waals surface area contributed by atoms with Gasteiger partial charge in [-0.25, -0.2) is 4.98 Å². The van der Waals surface area contributed by atoms with E-state index in [4.69, 9.17) is 0 Å². The highest BCUT2D eigenvalue weighted by Crippen LogP contribution is 2.24. The number of hydrogen-bond donors (Lipinski definition) is 1. The van der Waals surface area contributed by atoms with Crippen molar-refractivity contribution in [3.8, 4) is 0 Å². The van der Waals surface area contributed by atoms with Crippen molar-refractivity contribution in [3.05, 3.63) is 16.1 Å². The average molecular weight is 238 g/mol. The fourth-order valence-corrected chi connectivity index (χ4v) is 3.27. The van der Waals surface area contributed by atoms with E-state index in [0.29, 0.717) is 0 Å². The van der Waals surface area contributed by atoms with E-state index in [1.54, 1.807) is 11.3 Å². The largest absolute Gasteiger partial charge is 0.314 e. The molecule has 0 radical (unpaired) electrons. The monoisotopic (exact) mass is 238 g/mol. The minimum absolute atomic E-state index is 0.785. The molecule has 2 rings (SSSR count). The molecular weight excluding hydrogens is 216 g/mol. The first kappa shape index (κ1) is 12.1. The molecule has 1 saturated carbocycles. The third-order valence-corrected chi connectivity index (χ3v) is 4.39. The predicted molar refractivity (Wildman–Crippen MR) is 70.0 cm³/mol. The summed E-state index contributed by atoms with van der Waals surface area (Å²) in [6.45, 7) is 5.58. The number of thiazole rings is 1. The molecule has 1 aliphatic carbocycles. The maximum absolute atomic E-state index is 4.48. The van der Waals surface area contributed by atoms with Gasteiger partial charge in [-0.3, -0.25) is 0 Å². The van der Waals surface area contributed by atoms with Crippen molar-refractivity contribution in [3.63, 3.8) is 0 Å². The topological polar surface area (TPSA) is 24.9 Å². The van der Waals surface area contributed by atoms with Gasteiger partial charge in [-0.1, -0.05) is 6.92 Å². The van der Waals surface area contributed by atoms with Gasteiger partial charge in [0.15, 0.2) is 0 Å². The molecular formula is C13H22N2S. The van der Waals surface area contributed by atoms with Crippen LogP contribution in [-0.4, -0.2) is 17.6 Å². The van der Waals surface area contributed by atoms with Crippen LogP contribution in [0.15, 0.2) is 5.38 Å². The van der Waals surface area contributed by atoms with Crippen molar-refractivity contribution < 1.29 is 0 Å². The maximum atomic E-state index is 4.48. The molecule has 0 spiro atoms. The summed E-state index contributed by atoms with van der Waals surface area (Å²) < 4.78 is 0. The van der Waals surface area contributed by atoms with Crippen LogP contribution in [0.2, 0.25) is 0 Å². The Morgan fingerprint density at radius 2 is 2.38 bits per heavy atom. The molecule has 1 fully saturated rings. The summed E-state index contributed by atoms with van der Waals surface area (Å²) in [4.78, 5) is 4.48. The normalized spacial score (nSPS) is 25.1. The SMILES string of the molecule is Cc1csc(CCCNC2CCC(C)C2)n1. The molecule has 0 bridgehead atoms. The maximum Gasteiger partial charge on any atom is 0.0928 e. The summed E-state index contributed by atoms with van der Waals surface area (Å²) in [7, 11) is 0. The zero-order valence-electron chi connectivity index (χ0n) is 10.3. The van der Waals surface area contributed by atoms with Gasteiger partial charge in [0.05, 0.1) is 5.01 Å². The Kier molecular flexibility index (Phi) is 4.36. The van der Waals surface area contributed by atoms with Gasteiger partial charge in [-0.15, -0.1) is 11.3 Å². The Morgan fingerprint density at radius 1 is 1.50 bits per heavy atom. The summed E-state index contributed by atoms with van der Waals surface area (Å²) >= 11 is 1.79. The molecule has 1 aliphatic rings. The van der Waals surface area contributed by atoms with E-state index < -0.39 is 0 Å². The number of rotatable bonds is 5. The molecule has 16 heavy (non-hydrogen) atoms. The Balaban J connectivity index is 1.58. The van der Waals surface area contributed by atoms with Crippen LogP contribution in [0.3, 0.4) is 0 Å². The Labute approximate surface area is 102 Å². The van der Waals surface area contributed by atoms with Crippen molar-refractivity contribution in [1.82, 2.24) is 10.3 Å². The first-order chi connectivity index (χ1) is 7.74. The average Bonchev–Trinajstić information content (AvgIpc) is 2.83. The molecule has 1 aromatic heterocycles. The highest BCUT2D eigenvalue weighted by Gasteiger charge is 2.19. The smallest absolute Gasteiger partial charge is 0.0928 e. The molecule has 0 aliphatic heterocycles. The molecule has 1 aromatic rings. The van der Waals surface area contributed by atoms with E-state index in [-0.39, 0.29) is 0 Å². The van der Waals surface area contributed by atoms with Crippen LogP contribution in [0.1, 0.15) is 43.3 Å². The fraction of sp³-hybridized carbons (Fsp3) is 0.769. The summed E-state index contributed by atoms with van der Waals surface area (Å²) in [5, 5.41) is 7.10. The molecule has 2 nitrogen and oxygen atoms in total. The lowest BCUT2D eigenvalue weighted by Crippen LogP contribution is -2.27. The van der Waals surface area contributed by atoms with Crippen molar-refractivity contribution in [2.24, 2.45) is 5.92 Å². The predicted octanol–water partition coefficient (Wildman–Crippen LogP) is 3.16. The lowest BCUT2D eigenvalue weighted by Gasteiger charge is -2.11. The van der Waals surface area contributed by atoms with Gasteiger partial charge in [0.2, 0.25) is 0 Å². The number of nitrogens with zero attached hydrogens (tertiary/aromatic N) is 1. The van der Waals surface area contributed by atoms with Gasteiger partial charge in [0.25, 0.3) is 0 Å². The summed E-state index contributed by atoms with van der Waals surface area (Å²) in [6, 6.07) is 0.785. The quantitative estimate of drug-likeness (QED) is 0.797. The van der Waals surface area contributed by atoms with Crippen LogP contribution < -0.4 is 5.32 Å². The lowest BCUT2D eigenvalue weighted by atomic mass is 10.1. The van der Waals surface area contributed by atoms with Gasteiger partial charge in [0.1, 0.15) is 0 Å². The number of aryl methyl sites for hydroxylation is 2. The Morgan fingerprint density at radius 3 is 3.00 bits per heavy atom. The molecule has 3 heteroatoms. The second-order valence-corrected chi connectivity index (χ2v) is 6.00. The Hall–Kier alpha value is -0.410. The third kappa shape index (κ3) is 3.56. The van der Waals surface area contributed by atoms with Crippen molar-refractivity contribution >= 4 is 11.3 Å². The van der Waals surface area contributed by atoms with Gasteiger partial charge in [-0.05, 0) is 45.1 Å². The van der Waals surface area contributed by atoms with Crippen LogP contribution in [0.5, 0.6) is 0 Å². The molecule has 2 atom stereocenters. The highest BCUT2D eigenvalue weighted by atomic mass is 32.1. The van der Waals surface area contributed by atoms with Crippen LogP contribution in [-0.2, 0) is 6.42 Å². The lowest BCUT2D eigenvalue weighted by molar-refractivity contribution is 0.496. The van der Waals surface area contributed by atoms with Crippen LogP contribution in [0.4, 0.5) is 0 Å². The minimum atomic E-state index is 0.785. The zero-order chi connectivity index (χ0) is 11.4. The minimum Gasteiger partial charge on any atom is -0.314 e. The second kappa shape index (κ2) is 5.78. The molecule has 90 valence electrons. The standard InChI is InChI=1S/C13H22N2S/c1-10-5-6-12(8-10)14-7-3-4-13-15-11(2)9-16-13/h9-10,12,14H,3-8H2,1-2H3. The Bertz CT molecular complexity index is 321. The van der Waals surface area contributed by atoms with E-state index >= 15 is 0 Å². The number of aromatic nitrogens is 1. The molecule has 1 N–H and O–H groups in total.